The summed E-state index contributed by atoms with van der Waals surface area (Å²) in [6.07, 6.45) is 0. The van der Waals surface area contributed by atoms with Crippen molar-refractivity contribution >= 4 is 0 Å². The topological polar surface area (TPSA) is 164 Å². The summed E-state index contributed by atoms with van der Waals surface area (Å²) in [5.41, 5.74) is 0. The first-order chi connectivity index (χ1) is 5.41. The van der Waals surface area contributed by atoms with Crippen molar-refractivity contribution in [3.8, 4) is 0 Å². The van der Waals surface area contributed by atoms with Crippen LogP contribution >= 0.6 is 0 Å². The Bertz CT molecular complexity index is 414. The summed E-state index contributed by atoms with van der Waals surface area (Å²) in [6, 6.07) is 0. The third-order valence-corrected chi connectivity index (χ3v) is 22.5. The zero-order valence-corrected chi connectivity index (χ0v) is 14.1. The van der Waals surface area contributed by atoms with Crippen molar-refractivity contribution in [3.05, 3.63) is 0 Å². The first-order valence-corrected chi connectivity index (χ1v) is 16.5. The van der Waals surface area contributed by atoms with E-state index >= 15 is 0 Å². The normalized spacial score (nSPS) is 14.3. The van der Waals surface area contributed by atoms with Gasteiger partial charge in [-0.2, -0.15) is 0 Å². The fourth-order valence-corrected chi connectivity index (χ4v) is 20.1. The molecule has 0 rings (SSSR count). The molecule has 10 nitrogen and oxygen atoms in total. The van der Waals surface area contributed by atoms with Crippen molar-refractivity contribution in [1.82, 2.24) is 0 Å². The summed E-state index contributed by atoms with van der Waals surface area (Å²) in [4.78, 5) is 0. The van der Waals surface area contributed by atoms with Gasteiger partial charge in [0.2, 0.25) is 0 Å². The van der Waals surface area contributed by atoms with E-state index in [9.17, 15) is 24.1 Å². The van der Waals surface area contributed by atoms with Gasteiger partial charge in [0.15, 0.2) is 0 Å². The third-order valence-electron chi connectivity index (χ3n) is 0.336. The summed E-state index contributed by atoms with van der Waals surface area (Å²) in [5.74, 6) is 0. The van der Waals surface area contributed by atoms with E-state index in [4.69, 9.17) is 3.76 Å². The average Bonchev–Trinajstić information content (AvgIpc) is 1.43. The van der Waals surface area contributed by atoms with Crippen LogP contribution in [0.1, 0.15) is 0 Å². The zero-order chi connectivity index (χ0) is 10.9. The molecule has 13 heavy (non-hydrogen) atoms. The quantitative estimate of drug-likeness (QED) is 0.327. The molecule has 80 valence electrons. The fraction of sp³-hybridized carbons (Fsp3) is 0. The van der Waals surface area contributed by atoms with Gasteiger partial charge in [0, 0.05) is 0 Å². The Labute approximate surface area is 81.6 Å². The Morgan fingerprint density at radius 3 is 1.54 bits per heavy atom. The van der Waals surface area contributed by atoms with E-state index in [1.54, 1.807) is 0 Å². The number of hydrogen-bond acceptors (Lipinski definition) is 9. The van der Waals surface area contributed by atoms with Crippen molar-refractivity contribution in [2.24, 2.45) is 0 Å². The van der Waals surface area contributed by atoms with E-state index in [0.29, 0.717) is 0 Å². The van der Waals surface area contributed by atoms with E-state index in [0.717, 1.165) is 0 Å². The Hall–Kier alpha value is 0.705. The van der Waals surface area contributed by atoms with Crippen LogP contribution < -0.4 is 3.76 Å². The monoisotopic (exact) mass is 713 g/mol. The van der Waals surface area contributed by atoms with Crippen molar-refractivity contribution in [2.45, 2.75) is 0 Å². The fourth-order valence-electron chi connectivity index (χ4n) is 0.219. The van der Waals surface area contributed by atoms with Gasteiger partial charge in [0.25, 0.3) is 0 Å². The predicted octanol–water partition coefficient (Wildman–Crippen LogP) is -2.60. The van der Waals surface area contributed by atoms with E-state index < -0.39 is 50.2 Å². The molecule has 0 heterocycles. The van der Waals surface area contributed by atoms with Crippen LogP contribution in [0.25, 0.3) is 0 Å². The molecule has 0 aliphatic heterocycles. The Morgan fingerprint density at radius 2 is 1.31 bits per heavy atom. The molecule has 0 saturated heterocycles. The Balaban J connectivity index is 4.86. The summed E-state index contributed by atoms with van der Waals surface area (Å²) in [7, 11) is 0. The summed E-state index contributed by atoms with van der Waals surface area (Å²) in [6.45, 7) is 0. The zero-order valence-electron chi connectivity index (χ0n) is 5.35. The van der Waals surface area contributed by atoms with Crippen LogP contribution in [-0.2, 0) is 74.7 Å². The van der Waals surface area contributed by atoms with Crippen molar-refractivity contribution in [1.29, 1.82) is 0 Å². The molecule has 0 aromatic carbocycles. The van der Waals surface area contributed by atoms with Gasteiger partial charge < -0.3 is 0 Å². The molecule has 0 aromatic heterocycles. The molecular formula is HO10W3-. The molecule has 0 radical (unpaired) electrons. The van der Waals surface area contributed by atoms with E-state index in [-0.39, 0.29) is 0 Å². The van der Waals surface area contributed by atoms with Crippen LogP contribution in [0, 0.1) is 0 Å². The molecular weight excluding hydrogens is 712 g/mol. The molecule has 0 amide bonds. The second-order valence-electron chi connectivity index (χ2n) is 1.38. The van der Waals surface area contributed by atoms with Gasteiger partial charge >= 0.3 is 82.2 Å². The van der Waals surface area contributed by atoms with Gasteiger partial charge in [-0.25, -0.2) is 0 Å². The molecule has 0 aliphatic rings. The predicted molar refractivity (Wildman–Crippen MR) is 8.51 cm³/mol. The van der Waals surface area contributed by atoms with Crippen LogP contribution in [0.4, 0.5) is 0 Å². The maximum absolute atomic E-state index is 10.3. The van der Waals surface area contributed by atoms with Gasteiger partial charge in [-0.3, -0.25) is 0 Å². The van der Waals surface area contributed by atoms with Gasteiger partial charge in [-0.15, -0.1) is 0 Å². The van der Waals surface area contributed by atoms with E-state index in [2.05, 4.69) is 4.09 Å². The summed E-state index contributed by atoms with van der Waals surface area (Å²) < 4.78 is 83.5. The van der Waals surface area contributed by atoms with Crippen LogP contribution in [0.5, 0.6) is 0 Å². The van der Waals surface area contributed by atoms with Gasteiger partial charge in [0.05, 0.1) is 0 Å². The number of rotatable bonds is 4. The summed E-state index contributed by atoms with van der Waals surface area (Å²) in [5, 5.41) is 0. The van der Waals surface area contributed by atoms with Crippen molar-refractivity contribution in [3.63, 3.8) is 0 Å². The maximum atomic E-state index is 10.3. The summed E-state index contributed by atoms with van der Waals surface area (Å²) >= 11 is -20.3. The first-order valence-electron chi connectivity index (χ1n) is 2.02. The molecule has 0 bridgehead atoms. The first kappa shape index (κ1) is 13.7. The van der Waals surface area contributed by atoms with Gasteiger partial charge in [0.1, 0.15) is 0 Å². The van der Waals surface area contributed by atoms with Gasteiger partial charge in [-0.05, 0) is 0 Å². The molecule has 13 heteroatoms. The molecule has 0 fully saturated rings. The third kappa shape index (κ3) is 9.02. The molecule has 0 spiro atoms. The second-order valence-corrected chi connectivity index (χ2v) is 19.3. The van der Waals surface area contributed by atoms with Crippen LogP contribution in [0.15, 0.2) is 0 Å². The van der Waals surface area contributed by atoms with Crippen LogP contribution in [0.3, 0.4) is 0 Å². The van der Waals surface area contributed by atoms with Crippen LogP contribution in [0.2, 0.25) is 0 Å². The van der Waals surface area contributed by atoms with E-state index in [1.807, 2.05) is 0 Å². The van der Waals surface area contributed by atoms with Crippen molar-refractivity contribution < 1.29 is 82.2 Å². The molecule has 0 unspecified atom stereocenters. The second kappa shape index (κ2) is 4.06. The molecule has 0 aliphatic carbocycles. The van der Waals surface area contributed by atoms with Crippen LogP contribution in [-0.4, -0.2) is 3.76 Å². The minimum atomic E-state index is -6.83. The number of hydrogen-bond donors (Lipinski definition) is 1. The molecule has 0 atom stereocenters. The minimum absolute atomic E-state index is 2.91. The molecule has 0 aromatic rings. The average molecular weight is 713 g/mol. The standard InChI is InChI=1S/H2O.9O.3W/h1H2;;;;;;;;;;;;/q;;;;;;;;;-1;;;+1/p-1. The molecule has 0 saturated carbocycles. The Kier molecular flexibility index (Phi) is 4.28. The SMILES string of the molecule is [O]=[W](=[O])([O-])[O][W](=[O])(=[O])[O][W](=[O])(=[O])[OH]. The molecule has 1 N–H and O–H groups in total. The van der Waals surface area contributed by atoms with E-state index in [1.165, 1.54) is 0 Å². The van der Waals surface area contributed by atoms with Crippen molar-refractivity contribution in [2.75, 3.05) is 0 Å². The van der Waals surface area contributed by atoms with Gasteiger partial charge in [-0.1, -0.05) is 0 Å². The Morgan fingerprint density at radius 1 is 0.923 bits per heavy atom.